The lowest BCUT2D eigenvalue weighted by Gasteiger charge is -2.18. The molecule has 1 N–H and O–H groups in total. The lowest BCUT2D eigenvalue weighted by Crippen LogP contribution is -2.29. The maximum absolute atomic E-state index is 12.1. The Morgan fingerprint density at radius 2 is 2.00 bits per heavy atom. The van der Waals surface area contributed by atoms with Gasteiger partial charge in [-0.1, -0.05) is 30.3 Å². The Balaban J connectivity index is 1.77. The van der Waals surface area contributed by atoms with Gasteiger partial charge in [0.25, 0.3) is 5.91 Å². The molecule has 0 radical (unpaired) electrons. The SMILES string of the molecule is O=C(N[C@H](c1ccccc1)C1CC1)c1ccoc1. The molecule has 3 rings (SSSR count). The largest absolute Gasteiger partial charge is 0.472 e. The van der Waals surface area contributed by atoms with Crippen molar-refractivity contribution in [1.29, 1.82) is 0 Å². The smallest absolute Gasteiger partial charge is 0.255 e. The molecule has 18 heavy (non-hydrogen) atoms. The minimum atomic E-state index is -0.0653. The molecular weight excluding hydrogens is 226 g/mol. The lowest BCUT2D eigenvalue weighted by atomic mass is 10.0. The summed E-state index contributed by atoms with van der Waals surface area (Å²) in [7, 11) is 0. The first-order valence-corrected chi connectivity index (χ1v) is 6.22. The van der Waals surface area contributed by atoms with Crippen LogP contribution < -0.4 is 5.32 Å². The van der Waals surface area contributed by atoms with E-state index in [1.54, 1.807) is 6.07 Å². The summed E-state index contributed by atoms with van der Waals surface area (Å²) >= 11 is 0. The third kappa shape index (κ3) is 2.30. The third-order valence-corrected chi connectivity index (χ3v) is 3.32. The van der Waals surface area contributed by atoms with Gasteiger partial charge in [0.05, 0.1) is 17.9 Å². The normalized spacial score (nSPS) is 16.2. The molecule has 1 aromatic heterocycles. The zero-order valence-corrected chi connectivity index (χ0v) is 10.0. The van der Waals surface area contributed by atoms with E-state index in [4.69, 9.17) is 4.42 Å². The number of hydrogen-bond donors (Lipinski definition) is 1. The second kappa shape index (κ2) is 4.69. The molecule has 0 unspecified atom stereocenters. The molecule has 0 spiro atoms. The minimum Gasteiger partial charge on any atom is -0.472 e. The van der Waals surface area contributed by atoms with Crippen LogP contribution in [0.3, 0.4) is 0 Å². The van der Waals surface area contributed by atoms with Gasteiger partial charge in [0.15, 0.2) is 0 Å². The van der Waals surface area contributed by atoms with Gasteiger partial charge in [-0.15, -0.1) is 0 Å². The van der Waals surface area contributed by atoms with Crippen LogP contribution in [0.15, 0.2) is 53.3 Å². The van der Waals surface area contributed by atoms with Crippen molar-refractivity contribution >= 4 is 5.91 Å². The summed E-state index contributed by atoms with van der Waals surface area (Å²) in [5.41, 5.74) is 1.76. The molecule has 92 valence electrons. The van der Waals surface area contributed by atoms with E-state index in [-0.39, 0.29) is 11.9 Å². The Morgan fingerprint density at radius 1 is 1.22 bits per heavy atom. The Bertz CT molecular complexity index is 515. The molecule has 2 aromatic rings. The van der Waals surface area contributed by atoms with Crippen molar-refractivity contribution in [3.05, 3.63) is 60.1 Å². The van der Waals surface area contributed by atoms with Crippen molar-refractivity contribution in [2.45, 2.75) is 18.9 Å². The zero-order valence-electron chi connectivity index (χ0n) is 10.0. The van der Waals surface area contributed by atoms with Crippen molar-refractivity contribution in [2.24, 2.45) is 5.92 Å². The van der Waals surface area contributed by atoms with Gasteiger partial charge in [0.2, 0.25) is 0 Å². The monoisotopic (exact) mass is 241 g/mol. The van der Waals surface area contributed by atoms with E-state index < -0.39 is 0 Å². The first kappa shape index (κ1) is 11.1. The molecule has 0 bridgehead atoms. The van der Waals surface area contributed by atoms with E-state index in [1.807, 2.05) is 18.2 Å². The quantitative estimate of drug-likeness (QED) is 0.893. The van der Waals surface area contributed by atoms with Crippen molar-refractivity contribution < 1.29 is 9.21 Å². The van der Waals surface area contributed by atoms with Crippen molar-refractivity contribution in [2.75, 3.05) is 0 Å². The molecule has 1 saturated carbocycles. The van der Waals surface area contributed by atoms with Crippen LogP contribution in [0.25, 0.3) is 0 Å². The Morgan fingerprint density at radius 3 is 2.61 bits per heavy atom. The van der Waals surface area contributed by atoms with E-state index in [9.17, 15) is 4.79 Å². The number of hydrogen-bond acceptors (Lipinski definition) is 2. The van der Waals surface area contributed by atoms with E-state index in [0.717, 1.165) is 0 Å². The molecule has 3 heteroatoms. The van der Waals surface area contributed by atoms with Gasteiger partial charge in [0.1, 0.15) is 6.26 Å². The van der Waals surface area contributed by atoms with Gasteiger partial charge >= 0.3 is 0 Å². The van der Waals surface area contributed by atoms with Crippen LogP contribution in [0.2, 0.25) is 0 Å². The zero-order chi connectivity index (χ0) is 12.4. The fourth-order valence-corrected chi connectivity index (χ4v) is 2.18. The summed E-state index contributed by atoms with van der Waals surface area (Å²) in [6.45, 7) is 0. The number of carbonyl (C=O) groups is 1. The van der Waals surface area contributed by atoms with Crippen LogP contribution in [0.1, 0.15) is 34.8 Å². The summed E-state index contributed by atoms with van der Waals surface area (Å²) in [5, 5.41) is 3.10. The third-order valence-electron chi connectivity index (χ3n) is 3.32. The molecule has 1 aliphatic carbocycles. The number of nitrogens with one attached hydrogen (secondary N) is 1. The molecule has 1 atom stereocenters. The molecule has 0 saturated heterocycles. The number of benzene rings is 1. The van der Waals surface area contributed by atoms with Crippen molar-refractivity contribution in [1.82, 2.24) is 5.32 Å². The molecule has 1 heterocycles. The van der Waals surface area contributed by atoms with Gasteiger partial charge in [-0.25, -0.2) is 0 Å². The number of amides is 1. The average Bonchev–Trinajstić information content (AvgIpc) is 3.10. The van der Waals surface area contributed by atoms with Crippen LogP contribution >= 0.6 is 0 Å². The Kier molecular flexibility index (Phi) is 2.89. The van der Waals surface area contributed by atoms with Crippen molar-refractivity contribution in [3.8, 4) is 0 Å². The standard InChI is InChI=1S/C15H15NO2/c17-15(13-8-9-18-10-13)16-14(12-6-7-12)11-4-2-1-3-5-11/h1-5,8-10,12,14H,6-7H2,(H,16,17)/t14-/m1/s1. The molecule has 1 amide bonds. The predicted molar refractivity (Wildman–Crippen MR) is 68.1 cm³/mol. The molecule has 0 aliphatic heterocycles. The molecule has 1 aliphatic rings. The highest BCUT2D eigenvalue weighted by atomic mass is 16.3. The molecule has 3 nitrogen and oxygen atoms in total. The molecule has 1 aromatic carbocycles. The Hall–Kier alpha value is -2.03. The second-order valence-electron chi connectivity index (χ2n) is 4.71. The molecular formula is C15H15NO2. The molecule has 1 fully saturated rings. The van der Waals surface area contributed by atoms with Crippen LogP contribution in [-0.4, -0.2) is 5.91 Å². The highest BCUT2D eigenvalue weighted by Crippen LogP contribution is 2.41. The summed E-state index contributed by atoms with van der Waals surface area (Å²) in [6.07, 6.45) is 5.37. The van der Waals surface area contributed by atoms with Gasteiger partial charge in [-0.05, 0) is 30.4 Å². The van der Waals surface area contributed by atoms with Gasteiger partial charge in [-0.2, -0.15) is 0 Å². The van der Waals surface area contributed by atoms with Crippen LogP contribution in [-0.2, 0) is 0 Å². The van der Waals surface area contributed by atoms with Gasteiger partial charge in [0, 0.05) is 0 Å². The minimum absolute atomic E-state index is 0.0653. The highest BCUT2D eigenvalue weighted by Gasteiger charge is 2.33. The summed E-state index contributed by atoms with van der Waals surface area (Å²) in [6, 6.07) is 11.9. The van der Waals surface area contributed by atoms with E-state index in [1.165, 1.54) is 30.9 Å². The number of furan rings is 1. The van der Waals surface area contributed by atoms with Gasteiger partial charge < -0.3 is 9.73 Å². The average molecular weight is 241 g/mol. The predicted octanol–water partition coefficient (Wildman–Crippen LogP) is 3.16. The van der Waals surface area contributed by atoms with Crippen molar-refractivity contribution in [3.63, 3.8) is 0 Å². The fourth-order valence-electron chi connectivity index (χ4n) is 2.18. The fraction of sp³-hybridized carbons (Fsp3) is 0.267. The maximum atomic E-state index is 12.1. The number of carbonyl (C=O) groups excluding carboxylic acids is 1. The maximum Gasteiger partial charge on any atom is 0.255 e. The first-order chi connectivity index (χ1) is 8.84. The van der Waals surface area contributed by atoms with E-state index >= 15 is 0 Å². The van der Waals surface area contributed by atoms with Crippen LogP contribution in [0.5, 0.6) is 0 Å². The Labute approximate surface area is 106 Å². The van der Waals surface area contributed by atoms with Crippen LogP contribution in [0, 0.1) is 5.92 Å². The van der Waals surface area contributed by atoms with Crippen LogP contribution in [0.4, 0.5) is 0 Å². The second-order valence-corrected chi connectivity index (χ2v) is 4.71. The van der Waals surface area contributed by atoms with Gasteiger partial charge in [-0.3, -0.25) is 4.79 Å². The van der Waals surface area contributed by atoms with E-state index in [0.29, 0.717) is 11.5 Å². The van der Waals surface area contributed by atoms with E-state index in [2.05, 4.69) is 17.4 Å². The number of rotatable bonds is 4. The summed E-state index contributed by atoms with van der Waals surface area (Å²) in [5.74, 6) is 0.507. The highest BCUT2D eigenvalue weighted by molar-refractivity contribution is 5.94. The summed E-state index contributed by atoms with van der Waals surface area (Å²) in [4.78, 5) is 12.1. The summed E-state index contributed by atoms with van der Waals surface area (Å²) < 4.78 is 4.94. The first-order valence-electron chi connectivity index (χ1n) is 6.22. The lowest BCUT2D eigenvalue weighted by molar-refractivity contribution is 0.0931. The topological polar surface area (TPSA) is 42.2 Å².